The lowest BCUT2D eigenvalue weighted by molar-refractivity contribution is -0.121. The molecule has 0 aliphatic rings. The molecule has 1 rings (SSSR count). The van der Waals surface area contributed by atoms with Crippen molar-refractivity contribution in [2.45, 2.75) is 59.3 Å². The van der Waals surface area contributed by atoms with Crippen molar-refractivity contribution in [3.8, 4) is 0 Å². The maximum Gasteiger partial charge on any atom is 0.232 e. The molecule has 0 aliphatic carbocycles. The number of halogens is 1. The van der Waals surface area contributed by atoms with Crippen LogP contribution in [0.25, 0.3) is 0 Å². The van der Waals surface area contributed by atoms with Gasteiger partial charge in [-0.2, -0.15) is 0 Å². The molecule has 1 N–H and O–H groups in total. The molecule has 154 valence electrons. The molecule has 0 aliphatic heterocycles. The molecule has 0 saturated carbocycles. The fraction of sp³-hybridized carbons (Fsp3) is 0.650. The minimum atomic E-state index is -3.45. The quantitative estimate of drug-likeness (QED) is 0.544. The number of nitrogens with zero attached hydrogens (tertiary/aromatic N) is 1. The SMILES string of the molecule is CCCC[C@@H](CC)CNC(=O)CCCN(c1cccc(Cl)c1C)S(C)(=O)=O. The van der Waals surface area contributed by atoms with Crippen LogP contribution in [0.1, 0.15) is 57.9 Å². The number of hydrogen-bond acceptors (Lipinski definition) is 3. The first-order valence-corrected chi connectivity index (χ1v) is 11.9. The van der Waals surface area contributed by atoms with Gasteiger partial charge in [-0.25, -0.2) is 8.42 Å². The smallest absolute Gasteiger partial charge is 0.232 e. The van der Waals surface area contributed by atoms with Crippen molar-refractivity contribution in [3.05, 3.63) is 28.8 Å². The van der Waals surface area contributed by atoms with Crippen LogP contribution in [-0.2, 0) is 14.8 Å². The zero-order valence-corrected chi connectivity index (χ0v) is 18.5. The molecule has 0 spiro atoms. The molecule has 1 aromatic carbocycles. The molecule has 1 atom stereocenters. The Hall–Kier alpha value is -1.27. The lowest BCUT2D eigenvalue weighted by Crippen LogP contribution is -2.33. The maximum atomic E-state index is 12.2. The van der Waals surface area contributed by atoms with Crippen LogP contribution in [0.5, 0.6) is 0 Å². The average molecular weight is 417 g/mol. The van der Waals surface area contributed by atoms with Crippen molar-refractivity contribution < 1.29 is 13.2 Å². The number of sulfonamides is 1. The average Bonchev–Trinajstić information content (AvgIpc) is 2.61. The summed E-state index contributed by atoms with van der Waals surface area (Å²) in [5.74, 6) is 0.483. The summed E-state index contributed by atoms with van der Waals surface area (Å²) in [6, 6.07) is 5.20. The predicted molar refractivity (Wildman–Crippen MR) is 114 cm³/mol. The van der Waals surface area contributed by atoms with Gasteiger partial charge in [0.2, 0.25) is 15.9 Å². The second-order valence-corrected chi connectivity index (χ2v) is 9.36. The molecule has 1 amide bonds. The molecule has 0 heterocycles. The zero-order chi connectivity index (χ0) is 20.4. The number of rotatable bonds is 12. The molecule has 7 heteroatoms. The number of anilines is 1. The first-order chi connectivity index (χ1) is 12.7. The third kappa shape index (κ3) is 8.09. The monoisotopic (exact) mass is 416 g/mol. The van der Waals surface area contributed by atoms with Crippen LogP contribution in [0.4, 0.5) is 5.69 Å². The molecular formula is C20H33ClN2O3S. The van der Waals surface area contributed by atoms with Gasteiger partial charge in [-0.15, -0.1) is 0 Å². The van der Waals surface area contributed by atoms with Gasteiger partial charge >= 0.3 is 0 Å². The van der Waals surface area contributed by atoms with Crippen LogP contribution < -0.4 is 9.62 Å². The lowest BCUT2D eigenvalue weighted by Gasteiger charge is -2.24. The number of benzene rings is 1. The number of nitrogens with one attached hydrogen (secondary N) is 1. The van der Waals surface area contributed by atoms with Gasteiger partial charge in [0, 0.05) is 24.5 Å². The second kappa shape index (κ2) is 11.5. The summed E-state index contributed by atoms with van der Waals surface area (Å²) in [5, 5.41) is 3.51. The van der Waals surface area contributed by atoms with E-state index in [0.29, 0.717) is 36.0 Å². The largest absolute Gasteiger partial charge is 0.356 e. The van der Waals surface area contributed by atoms with Gasteiger partial charge in [0.25, 0.3) is 0 Å². The van der Waals surface area contributed by atoms with Crippen molar-refractivity contribution in [3.63, 3.8) is 0 Å². The van der Waals surface area contributed by atoms with Gasteiger partial charge in [0.05, 0.1) is 11.9 Å². The summed E-state index contributed by atoms with van der Waals surface area (Å²) < 4.78 is 25.7. The molecular weight excluding hydrogens is 384 g/mol. The molecule has 0 saturated heterocycles. The van der Waals surface area contributed by atoms with Crippen molar-refractivity contribution in [1.29, 1.82) is 0 Å². The van der Waals surface area contributed by atoms with Gasteiger partial charge in [-0.3, -0.25) is 9.10 Å². The minimum absolute atomic E-state index is 0.0267. The van der Waals surface area contributed by atoms with Crippen LogP contribution in [-0.4, -0.2) is 33.7 Å². The Morgan fingerprint density at radius 2 is 1.96 bits per heavy atom. The predicted octanol–water partition coefficient (Wildman–Crippen LogP) is 4.53. The van der Waals surface area contributed by atoms with Crippen LogP contribution in [0.15, 0.2) is 18.2 Å². The van der Waals surface area contributed by atoms with E-state index in [9.17, 15) is 13.2 Å². The highest BCUT2D eigenvalue weighted by atomic mass is 35.5. The summed E-state index contributed by atoms with van der Waals surface area (Å²) in [6.07, 6.45) is 6.45. The van der Waals surface area contributed by atoms with Crippen LogP contribution in [0, 0.1) is 12.8 Å². The van der Waals surface area contributed by atoms with Gasteiger partial charge in [0.15, 0.2) is 0 Å². The molecule has 0 bridgehead atoms. The first kappa shape index (κ1) is 23.8. The summed E-state index contributed by atoms with van der Waals surface area (Å²) >= 11 is 6.13. The van der Waals surface area contributed by atoms with E-state index in [1.165, 1.54) is 17.0 Å². The van der Waals surface area contributed by atoms with Gasteiger partial charge < -0.3 is 5.32 Å². The summed E-state index contributed by atoms with van der Waals surface area (Å²) in [4.78, 5) is 12.1. The Bertz CT molecular complexity index is 707. The van der Waals surface area contributed by atoms with E-state index in [1.807, 2.05) is 0 Å². The highest BCUT2D eigenvalue weighted by molar-refractivity contribution is 7.92. The Morgan fingerprint density at radius 3 is 2.56 bits per heavy atom. The number of carbonyl (C=O) groups excluding carboxylic acids is 1. The highest BCUT2D eigenvalue weighted by Crippen LogP contribution is 2.28. The highest BCUT2D eigenvalue weighted by Gasteiger charge is 2.20. The third-order valence-electron chi connectivity index (χ3n) is 4.80. The fourth-order valence-electron chi connectivity index (χ4n) is 3.00. The summed E-state index contributed by atoms with van der Waals surface area (Å²) in [5.41, 5.74) is 1.28. The van der Waals surface area contributed by atoms with E-state index in [0.717, 1.165) is 24.8 Å². The van der Waals surface area contributed by atoms with E-state index < -0.39 is 10.0 Å². The normalized spacial score (nSPS) is 12.6. The summed E-state index contributed by atoms with van der Waals surface area (Å²) in [6.45, 7) is 7.05. The maximum absolute atomic E-state index is 12.2. The standard InChI is InChI=1S/C20H33ClN2O3S/c1-5-7-10-17(6-2)15-22-20(24)13-9-14-23(27(4,25)26)19-12-8-11-18(21)16(19)3/h8,11-12,17H,5-7,9-10,13-15H2,1-4H3,(H,22,24)/t17-/m1/s1. The second-order valence-electron chi connectivity index (χ2n) is 7.04. The van der Waals surface area contributed by atoms with Crippen LogP contribution in [0.2, 0.25) is 5.02 Å². The number of amides is 1. The van der Waals surface area contributed by atoms with Crippen LogP contribution in [0.3, 0.4) is 0 Å². The molecule has 0 aromatic heterocycles. The van der Waals surface area contributed by atoms with E-state index in [1.54, 1.807) is 25.1 Å². The van der Waals surface area contributed by atoms with E-state index >= 15 is 0 Å². The van der Waals surface area contributed by atoms with E-state index in [4.69, 9.17) is 11.6 Å². The van der Waals surface area contributed by atoms with Crippen molar-refractivity contribution in [2.75, 3.05) is 23.7 Å². The number of unbranched alkanes of at least 4 members (excludes halogenated alkanes) is 1. The van der Waals surface area contributed by atoms with Crippen molar-refractivity contribution in [1.82, 2.24) is 5.32 Å². The third-order valence-corrected chi connectivity index (χ3v) is 6.39. The Morgan fingerprint density at radius 1 is 1.26 bits per heavy atom. The molecule has 27 heavy (non-hydrogen) atoms. The first-order valence-electron chi connectivity index (χ1n) is 9.70. The fourth-order valence-corrected chi connectivity index (χ4v) is 4.19. The topological polar surface area (TPSA) is 66.5 Å². The Balaban J connectivity index is 2.60. The summed E-state index contributed by atoms with van der Waals surface area (Å²) in [7, 11) is -3.45. The number of hydrogen-bond donors (Lipinski definition) is 1. The number of carbonyl (C=O) groups is 1. The molecule has 5 nitrogen and oxygen atoms in total. The van der Waals surface area contributed by atoms with E-state index in [-0.39, 0.29) is 12.5 Å². The molecule has 1 aromatic rings. The lowest BCUT2D eigenvalue weighted by atomic mass is 9.99. The van der Waals surface area contributed by atoms with Crippen LogP contribution >= 0.6 is 11.6 Å². The molecule has 0 fully saturated rings. The zero-order valence-electron chi connectivity index (χ0n) is 16.9. The van der Waals surface area contributed by atoms with Gasteiger partial charge in [-0.1, -0.05) is 50.8 Å². The van der Waals surface area contributed by atoms with Crippen molar-refractivity contribution in [2.24, 2.45) is 5.92 Å². The Labute approximate surface area is 169 Å². The molecule has 0 unspecified atom stereocenters. The van der Waals surface area contributed by atoms with Crippen molar-refractivity contribution >= 4 is 33.2 Å². The van der Waals surface area contributed by atoms with Gasteiger partial charge in [-0.05, 0) is 43.4 Å². The minimum Gasteiger partial charge on any atom is -0.356 e. The molecule has 0 radical (unpaired) electrons. The van der Waals surface area contributed by atoms with Gasteiger partial charge in [0.1, 0.15) is 0 Å². The van der Waals surface area contributed by atoms with E-state index in [2.05, 4.69) is 19.2 Å². The Kier molecular flexibility index (Phi) is 10.2.